The molecule has 0 aromatic rings. The molecule has 0 saturated heterocycles. The number of carbonyl (C=O) groups is 1. The van der Waals surface area contributed by atoms with Crippen molar-refractivity contribution in [1.82, 2.24) is 4.90 Å². The van der Waals surface area contributed by atoms with E-state index in [2.05, 4.69) is 34.6 Å². The average molecular weight is 228 g/mol. The molecule has 0 rings (SSSR count). The van der Waals surface area contributed by atoms with Gasteiger partial charge in [-0.2, -0.15) is 0 Å². The molecule has 1 atom stereocenters. The number of rotatable bonds is 6. The third-order valence-corrected chi connectivity index (χ3v) is 3.20. The Morgan fingerprint density at radius 1 is 1.31 bits per heavy atom. The lowest BCUT2D eigenvalue weighted by atomic mass is 9.80. The van der Waals surface area contributed by atoms with E-state index in [0.717, 1.165) is 13.0 Å². The van der Waals surface area contributed by atoms with Crippen LogP contribution < -0.4 is 5.73 Å². The monoisotopic (exact) mass is 228 g/mol. The molecular formula is C13H28N2O. The second-order valence-electron chi connectivity index (χ2n) is 5.64. The zero-order chi connectivity index (χ0) is 12.8. The van der Waals surface area contributed by atoms with E-state index >= 15 is 0 Å². The van der Waals surface area contributed by atoms with Crippen LogP contribution in [0.3, 0.4) is 0 Å². The van der Waals surface area contributed by atoms with Crippen LogP contribution in [0.15, 0.2) is 0 Å². The quantitative estimate of drug-likeness (QED) is 0.758. The van der Waals surface area contributed by atoms with Gasteiger partial charge in [0.15, 0.2) is 0 Å². The fraction of sp³-hybridized carbons (Fsp3) is 0.923. The van der Waals surface area contributed by atoms with Crippen molar-refractivity contribution in [3.05, 3.63) is 0 Å². The highest BCUT2D eigenvalue weighted by Crippen LogP contribution is 2.28. The average Bonchev–Trinajstić information content (AvgIpc) is 2.15. The highest BCUT2D eigenvalue weighted by Gasteiger charge is 2.24. The SMILES string of the molecule is CCCN(CCN)C(=O)CC(C)C(C)(C)C. The summed E-state index contributed by atoms with van der Waals surface area (Å²) in [5, 5.41) is 0. The molecular weight excluding hydrogens is 200 g/mol. The first-order valence-electron chi connectivity index (χ1n) is 6.30. The summed E-state index contributed by atoms with van der Waals surface area (Å²) in [5.74, 6) is 0.645. The largest absolute Gasteiger partial charge is 0.341 e. The third-order valence-electron chi connectivity index (χ3n) is 3.20. The van der Waals surface area contributed by atoms with Gasteiger partial charge in [0.05, 0.1) is 0 Å². The van der Waals surface area contributed by atoms with Gasteiger partial charge in [-0.3, -0.25) is 4.79 Å². The first-order chi connectivity index (χ1) is 7.32. The summed E-state index contributed by atoms with van der Waals surface area (Å²) < 4.78 is 0. The zero-order valence-electron chi connectivity index (χ0n) is 11.5. The highest BCUT2D eigenvalue weighted by molar-refractivity contribution is 5.76. The van der Waals surface area contributed by atoms with Crippen molar-refractivity contribution in [3.63, 3.8) is 0 Å². The van der Waals surface area contributed by atoms with Gasteiger partial charge in [-0.1, -0.05) is 34.6 Å². The van der Waals surface area contributed by atoms with E-state index in [0.29, 0.717) is 25.4 Å². The van der Waals surface area contributed by atoms with Crippen LogP contribution in [0.25, 0.3) is 0 Å². The summed E-state index contributed by atoms with van der Waals surface area (Å²) in [6.07, 6.45) is 1.62. The number of amides is 1. The second kappa shape index (κ2) is 6.89. The first-order valence-corrected chi connectivity index (χ1v) is 6.30. The third kappa shape index (κ3) is 5.50. The molecule has 0 aromatic carbocycles. The van der Waals surface area contributed by atoms with Crippen LogP contribution in [0.5, 0.6) is 0 Å². The zero-order valence-corrected chi connectivity index (χ0v) is 11.5. The van der Waals surface area contributed by atoms with E-state index < -0.39 is 0 Å². The molecule has 0 bridgehead atoms. The van der Waals surface area contributed by atoms with Crippen LogP contribution in [0.2, 0.25) is 0 Å². The van der Waals surface area contributed by atoms with Gasteiger partial charge in [0, 0.05) is 26.1 Å². The molecule has 3 nitrogen and oxygen atoms in total. The van der Waals surface area contributed by atoms with Crippen molar-refractivity contribution in [2.24, 2.45) is 17.1 Å². The lowest BCUT2D eigenvalue weighted by Gasteiger charge is -2.29. The lowest BCUT2D eigenvalue weighted by molar-refractivity contribution is -0.132. The maximum absolute atomic E-state index is 12.1. The van der Waals surface area contributed by atoms with Crippen LogP contribution in [0.4, 0.5) is 0 Å². The Morgan fingerprint density at radius 2 is 1.88 bits per heavy atom. The van der Waals surface area contributed by atoms with Crippen molar-refractivity contribution < 1.29 is 4.79 Å². The van der Waals surface area contributed by atoms with E-state index in [1.807, 2.05) is 4.90 Å². The number of nitrogens with zero attached hydrogens (tertiary/aromatic N) is 1. The Hall–Kier alpha value is -0.570. The summed E-state index contributed by atoms with van der Waals surface area (Å²) in [5.41, 5.74) is 5.71. The maximum atomic E-state index is 12.1. The minimum atomic E-state index is 0.191. The molecule has 3 heteroatoms. The van der Waals surface area contributed by atoms with Crippen LogP contribution in [0, 0.1) is 11.3 Å². The van der Waals surface area contributed by atoms with Crippen LogP contribution in [-0.2, 0) is 4.79 Å². The van der Waals surface area contributed by atoms with Gasteiger partial charge in [-0.05, 0) is 17.8 Å². The Kier molecular flexibility index (Phi) is 6.65. The van der Waals surface area contributed by atoms with E-state index in [4.69, 9.17) is 5.73 Å². The van der Waals surface area contributed by atoms with E-state index in [1.54, 1.807) is 0 Å². The van der Waals surface area contributed by atoms with Gasteiger partial charge in [-0.25, -0.2) is 0 Å². The number of carbonyl (C=O) groups excluding carboxylic acids is 1. The molecule has 1 unspecified atom stereocenters. The summed E-state index contributed by atoms with van der Waals surface area (Å²) in [6, 6.07) is 0. The number of nitrogens with two attached hydrogens (primary N) is 1. The van der Waals surface area contributed by atoms with Gasteiger partial charge in [0.1, 0.15) is 0 Å². The van der Waals surface area contributed by atoms with Crippen LogP contribution in [-0.4, -0.2) is 30.4 Å². The summed E-state index contributed by atoms with van der Waals surface area (Å²) in [4.78, 5) is 13.9. The topological polar surface area (TPSA) is 46.3 Å². The fourth-order valence-corrected chi connectivity index (χ4v) is 1.48. The van der Waals surface area contributed by atoms with Crippen molar-refractivity contribution in [2.75, 3.05) is 19.6 Å². The van der Waals surface area contributed by atoms with Gasteiger partial charge in [-0.15, -0.1) is 0 Å². The van der Waals surface area contributed by atoms with Crippen molar-refractivity contribution in [3.8, 4) is 0 Å². The summed E-state index contributed by atoms with van der Waals surface area (Å²) >= 11 is 0. The van der Waals surface area contributed by atoms with Crippen molar-refractivity contribution in [1.29, 1.82) is 0 Å². The summed E-state index contributed by atoms with van der Waals surface area (Å²) in [6.45, 7) is 12.8. The Bertz CT molecular complexity index is 202. The minimum absolute atomic E-state index is 0.191. The smallest absolute Gasteiger partial charge is 0.222 e. The van der Waals surface area contributed by atoms with Gasteiger partial charge < -0.3 is 10.6 Å². The predicted molar refractivity (Wildman–Crippen MR) is 69.2 cm³/mol. The van der Waals surface area contributed by atoms with Crippen molar-refractivity contribution >= 4 is 5.91 Å². The second-order valence-corrected chi connectivity index (χ2v) is 5.64. The van der Waals surface area contributed by atoms with Crippen LogP contribution in [0.1, 0.15) is 47.5 Å². The minimum Gasteiger partial charge on any atom is -0.341 e. The Labute approximate surface area is 100 Å². The molecule has 0 aliphatic rings. The molecule has 0 saturated carbocycles. The molecule has 0 radical (unpaired) electrons. The highest BCUT2D eigenvalue weighted by atomic mass is 16.2. The predicted octanol–water partition coefficient (Wildman–Crippen LogP) is 2.26. The molecule has 0 aliphatic heterocycles. The van der Waals surface area contributed by atoms with Gasteiger partial charge >= 0.3 is 0 Å². The first kappa shape index (κ1) is 15.4. The number of hydrogen-bond acceptors (Lipinski definition) is 2. The number of hydrogen-bond donors (Lipinski definition) is 1. The van der Waals surface area contributed by atoms with E-state index in [1.165, 1.54) is 0 Å². The normalized spacial score (nSPS) is 13.6. The lowest BCUT2D eigenvalue weighted by Crippen LogP contribution is -2.37. The molecule has 0 spiro atoms. The molecule has 0 heterocycles. The molecule has 0 aliphatic carbocycles. The molecule has 16 heavy (non-hydrogen) atoms. The molecule has 0 fully saturated rings. The molecule has 1 amide bonds. The fourth-order valence-electron chi connectivity index (χ4n) is 1.48. The Balaban J connectivity index is 4.29. The Morgan fingerprint density at radius 3 is 2.25 bits per heavy atom. The molecule has 96 valence electrons. The summed E-state index contributed by atoms with van der Waals surface area (Å²) in [7, 11) is 0. The van der Waals surface area contributed by atoms with Crippen LogP contribution >= 0.6 is 0 Å². The maximum Gasteiger partial charge on any atom is 0.222 e. The standard InChI is InChI=1S/C13H28N2O/c1-6-8-15(9-7-14)12(16)10-11(2)13(3,4)5/h11H,6-10,14H2,1-5H3. The molecule has 2 N–H and O–H groups in total. The van der Waals surface area contributed by atoms with Gasteiger partial charge in [0.2, 0.25) is 5.91 Å². The van der Waals surface area contributed by atoms with Gasteiger partial charge in [0.25, 0.3) is 0 Å². The van der Waals surface area contributed by atoms with Crippen molar-refractivity contribution in [2.45, 2.75) is 47.5 Å². The molecule has 0 aromatic heterocycles. The van der Waals surface area contributed by atoms with E-state index in [-0.39, 0.29) is 11.3 Å². The van der Waals surface area contributed by atoms with E-state index in [9.17, 15) is 4.79 Å².